The molecular formula is C14H22N4O2S. The lowest BCUT2D eigenvalue weighted by Gasteiger charge is -2.13. The highest BCUT2D eigenvalue weighted by Gasteiger charge is 2.31. The molecule has 1 aromatic heterocycles. The first kappa shape index (κ1) is 14.6. The summed E-state index contributed by atoms with van der Waals surface area (Å²) in [5, 5.41) is 6.12. The number of aromatic nitrogens is 2. The fraction of sp³-hybridized carbons (Fsp3) is 0.714. The Bertz CT molecular complexity index is 613. The number of nitrogens with one attached hydrogen (secondary N) is 2. The van der Waals surface area contributed by atoms with Gasteiger partial charge in [-0.3, -0.25) is 0 Å². The molecule has 0 amide bonds. The van der Waals surface area contributed by atoms with E-state index in [1.807, 2.05) is 13.0 Å². The van der Waals surface area contributed by atoms with Crippen molar-refractivity contribution in [2.75, 3.05) is 29.5 Å². The molecule has 21 heavy (non-hydrogen) atoms. The van der Waals surface area contributed by atoms with Gasteiger partial charge < -0.3 is 10.6 Å². The molecule has 1 aliphatic heterocycles. The van der Waals surface area contributed by atoms with Gasteiger partial charge in [0.05, 0.1) is 11.0 Å². The van der Waals surface area contributed by atoms with Gasteiger partial charge in [0.2, 0.25) is 0 Å². The fourth-order valence-corrected chi connectivity index (χ4v) is 4.42. The number of nitrogens with zero attached hydrogens (tertiary/aromatic N) is 2. The number of hydrogen-bond acceptors (Lipinski definition) is 6. The summed E-state index contributed by atoms with van der Waals surface area (Å²) in [6.07, 6.45) is 3.81. The van der Waals surface area contributed by atoms with Crippen molar-refractivity contribution in [1.82, 2.24) is 9.97 Å². The first-order valence-corrected chi connectivity index (χ1v) is 9.38. The Morgan fingerprint density at radius 1 is 1.19 bits per heavy atom. The molecule has 2 fully saturated rings. The molecule has 0 spiro atoms. The zero-order valence-electron chi connectivity index (χ0n) is 12.3. The Labute approximate surface area is 125 Å². The van der Waals surface area contributed by atoms with Gasteiger partial charge in [0.15, 0.2) is 9.84 Å². The molecule has 2 N–H and O–H groups in total. The smallest absolute Gasteiger partial charge is 0.154 e. The van der Waals surface area contributed by atoms with Crippen molar-refractivity contribution in [3.05, 3.63) is 11.9 Å². The first-order chi connectivity index (χ1) is 10.1. The van der Waals surface area contributed by atoms with E-state index in [-0.39, 0.29) is 5.25 Å². The topological polar surface area (TPSA) is 84.0 Å². The second-order valence-electron chi connectivity index (χ2n) is 5.81. The summed E-state index contributed by atoms with van der Waals surface area (Å²) in [5.74, 6) is 3.19. The average Bonchev–Trinajstić information content (AvgIpc) is 3.22. The molecule has 1 aliphatic carbocycles. The Morgan fingerprint density at radius 2 is 1.90 bits per heavy atom. The van der Waals surface area contributed by atoms with Crippen molar-refractivity contribution in [1.29, 1.82) is 0 Å². The van der Waals surface area contributed by atoms with E-state index < -0.39 is 9.84 Å². The van der Waals surface area contributed by atoms with E-state index >= 15 is 0 Å². The van der Waals surface area contributed by atoms with Crippen LogP contribution in [0.5, 0.6) is 0 Å². The minimum Gasteiger partial charge on any atom is -0.370 e. The second kappa shape index (κ2) is 5.79. The van der Waals surface area contributed by atoms with Gasteiger partial charge in [0.25, 0.3) is 0 Å². The average molecular weight is 310 g/mol. The summed E-state index contributed by atoms with van der Waals surface area (Å²) in [6, 6.07) is 1.86. The molecule has 7 heteroatoms. The van der Waals surface area contributed by atoms with Crippen LogP contribution in [0.2, 0.25) is 0 Å². The van der Waals surface area contributed by atoms with Gasteiger partial charge >= 0.3 is 0 Å². The maximum Gasteiger partial charge on any atom is 0.154 e. The minimum atomic E-state index is -2.91. The van der Waals surface area contributed by atoms with E-state index in [1.54, 1.807) is 0 Å². The molecule has 1 atom stereocenters. The van der Waals surface area contributed by atoms with Crippen LogP contribution >= 0.6 is 0 Å². The third-order valence-corrected chi connectivity index (χ3v) is 6.29. The van der Waals surface area contributed by atoms with Gasteiger partial charge in [-0.05, 0) is 32.6 Å². The standard InChI is InChI=1S/C14H22N4O2S/c1-2-15-12-8-13(18-14(17-12)10-5-6-10)16-9-11-4-3-7-21(11,19)20/h8,10-11H,2-7,9H2,1H3,(H2,15,16,17,18). The lowest BCUT2D eigenvalue weighted by Crippen LogP contribution is -2.25. The summed E-state index contributed by atoms with van der Waals surface area (Å²) >= 11 is 0. The lowest BCUT2D eigenvalue weighted by atomic mass is 10.2. The molecule has 1 aromatic rings. The first-order valence-electron chi connectivity index (χ1n) is 7.67. The van der Waals surface area contributed by atoms with E-state index in [9.17, 15) is 8.42 Å². The molecule has 2 heterocycles. The van der Waals surface area contributed by atoms with Crippen LogP contribution in [-0.2, 0) is 9.84 Å². The molecule has 1 unspecified atom stereocenters. The fourth-order valence-electron chi connectivity index (χ4n) is 2.66. The summed E-state index contributed by atoms with van der Waals surface area (Å²) < 4.78 is 23.7. The third-order valence-electron chi connectivity index (χ3n) is 4.02. The molecule has 2 aliphatic rings. The molecule has 0 radical (unpaired) electrons. The van der Waals surface area contributed by atoms with Gasteiger partial charge in [-0.25, -0.2) is 18.4 Å². The largest absolute Gasteiger partial charge is 0.370 e. The van der Waals surface area contributed by atoms with Gasteiger partial charge in [-0.15, -0.1) is 0 Å². The van der Waals surface area contributed by atoms with Crippen molar-refractivity contribution in [3.63, 3.8) is 0 Å². The molecule has 3 rings (SSSR count). The predicted molar refractivity (Wildman–Crippen MR) is 83.5 cm³/mol. The highest BCUT2D eigenvalue weighted by Crippen LogP contribution is 2.38. The molecule has 116 valence electrons. The molecule has 1 saturated carbocycles. The third kappa shape index (κ3) is 3.45. The number of sulfone groups is 1. The summed E-state index contributed by atoms with van der Waals surface area (Å²) in [7, 11) is -2.91. The second-order valence-corrected chi connectivity index (χ2v) is 8.21. The molecular weight excluding hydrogens is 288 g/mol. The van der Waals surface area contributed by atoms with Crippen LogP contribution in [0.25, 0.3) is 0 Å². The van der Waals surface area contributed by atoms with Crippen molar-refractivity contribution < 1.29 is 8.42 Å². The summed E-state index contributed by atoms with van der Waals surface area (Å²) in [5.41, 5.74) is 0. The zero-order valence-corrected chi connectivity index (χ0v) is 13.1. The predicted octanol–water partition coefficient (Wildman–Crippen LogP) is 1.77. The zero-order chi connectivity index (χ0) is 14.9. The van der Waals surface area contributed by atoms with Gasteiger partial charge in [-0.1, -0.05) is 0 Å². The SMILES string of the molecule is CCNc1cc(NCC2CCCS2(=O)=O)nc(C2CC2)n1. The van der Waals surface area contributed by atoms with Crippen LogP contribution in [0.3, 0.4) is 0 Å². The van der Waals surface area contributed by atoms with E-state index in [4.69, 9.17) is 0 Å². The Hall–Kier alpha value is -1.37. The summed E-state index contributed by atoms with van der Waals surface area (Å²) in [4.78, 5) is 9.04. The normalized spacial score (nSPS) is 24.0. The van der Waals surface area contributed by atoms with Crippen LogP contribution in [0.1, 0.15) is 44.3 Å². The summed E-state index contributed by atoms with van der Waals surface area (Å²) in [6.45, 7) is 3.27. The van der Waals surface area contributed by atoms with Crippen molar-refractivity contribution >= 4 is 21.5 Å². The lowest BCUT2D eigenvalue weighted by molar-refractivity contribution is 0.591. The van der Waals surface area contributed by atoms with Crippen molar-refractivity contribution in [3.8, 4) is 0 Å². The van der Waals surface area contributed by atoms with Crippen molar-refractivity contribution in [2.24, 2.45) is 0 Å². The van der Waals surface area contributed by atoms with E-state index in [0.29, 0.717) is 18.2 Å². The van der Waals surface area contributed by atoms with E-state index in [2.05, 4.69) is 20.6 Å². The van der Waals surface area contributed by atoms with Gasteiger partial charge in [0.1, 0.15) is 17.5 Å². The highest BCUT2D eigenvalue weighted by atomic mass is 32.2. The minimum absolute atomic E-state index is 0.278. The Morgan fingerprint density at radius 3 is 2.48 bits per heavy atom. The molecule has 0 bridgehead atoms. The Kier molecular flexibility index (Phi) is 4.01. The van der Waals surface area contributed by atoms with Crippen LogP contribution < -0.4 is 10.6 Å². The van der Waals surface area contributed by atoms with Gasteiger partial charge in [-0.2, -0.15) is 0 Å². The van der Waals surface area contributed by atoms with Gasteiger partial charge in [0, 0.05) is 25.1 Å². The van der Waals surface area contributed by atoms with E-state index in [0.717, 1.165) is 49.7 Å². The highest BCUT2D eigenvalue weighted by molar-refractivity contribution is 7.92. The molecule has 1 saturated heterocycles. The number of hydrogen-bond donors (Lipinski definition) is 2. The van der Waals surface area contributed by atoms with E-state index in [1.165, 1.54) is 0 Å². The quantitative estimate of drug-likeness (QED) is 0.833. The maximum absolute atomic E-state index is 11.9. The molecule has 0 aromatic carbocycles. The van der Waals surface area contributed by atoms with Crippen LogP contribution in [0.15, 0.2) is 6.07 Å². The van der Waals surface area contributed by atoms with Crippen LogP contribution in [0.4, 0.5) is 11.6 Å². The number of anilines is 2. The van der Waals surface area contributed by atoms with Crippen LogP contribution in [0, 0.1) is 0 Å². The number of rotatable bonds is 6. The monoisotopic (exact) mass is 310 g/mol. The van der Waals surface area contributed by atoms with Crippen molar-refractivity contribution in [2.45, 2.75) is 43.8 Å². The Balaban J connectivity index is 1.72. The molecule has 6 nitrogen and oxygen atoms in total. The maximum atomic E-state index is 11.9. The van der Waals surface area contributed by atoms with Crippen LogP contribution in [-0.4, -0.2) is 42.5 Å².